The number of rotatable bonds is 0. The van der Waals surface area contributed by atoms with Crippen molar-refractivity contribution in [2.45, 2.75) is 0 Å². The van der Waals surface area contributed by atoms with Gasteiger partial charge in [-0.25, -0.2) is 4.98 Å². The standard InChI is InChI=1S/C10H7ClN4O/c1-15-4-7-6-2-5(11)3-12-9(6)13-10(16)8(7)14-15/h2-4H,1H3,(H,12,13,16). The molecular weight excluding hydrogens is 228 g/mol. The molecule has 0 fully saturated rings. The molecule has 5 nitrogen and oxygen atoms in total. The Morgan fingerprint density at radius 3 is 3.06 bits per heavy atom. The molecule has 0 saturated carbocycles. The molecule has 0 amide bonds. The summed E-state index contributed by atoms with van der Waals surface area (Å²) < 4.78 is 1.60. The van der Waals surface area contributed by atoms with Crippen LogP contribution in [0.2, 0.25) is 5.02 Å². The molecule has 0 saturated heterocycles. The highest BCUT2D eigenvalue weighted by Crippen LogP contribution is 2.21. The average Bonchev–Trinajstić information content (AvgIpc) is 2.62. The monoisotopic (exact) mass is 234 g/mol. The summed E-state index contributed by atoms with van der Waals surface area (Å²) in [7, 11) is 1.77. The van der Waals surface area contributed by atoms with Crippen molar-refractivity contribution in [2.75, 3.05) is 0 Å². The molecular formula is C10H7ClN4O. The Morgan fingerprint density at radius 1 is 1.44 bits per heavy atom. The first-order valence-electron chi connectivity index (χ1n) is 4.66. The second kappa shape index (κ2) is 3.05. The van der Waals surface area contributed by atoms with E-state index in [4.69, 9.17) is 11.6 Å². The van der Waals surface area contributed by atoms with Crippen LogP contribution in [0.15, 0.2) is 23.3 Å². The van der Waals surface area contributed by atoms with Crippen molar-refractivity contribution in [1.29, 1.82) is 0 Å². The molecule has 0 bridgehead atoms. The van der Waals surface area contributed by atoms with Crippen molar-refractivity contribution in [3.05, 3.63) is 33.8 Å². The molecule has 3 rings (SSSR count). The largest absolute Gasteiger partial charge is 0.305 e. The van der Waals surface area contributed by atoms with E-state index in [9.17, 15) is 4.79 Å². The quantitative estimate of drug-likeness (QED) is 0.641. The zero-order chi connectivity index (χ0) is 11.3. The lowest BCUT2D eigenvalue weighted by molar-refractivity contribution is 0.778. The fraction of sp³-hybridized carbons (Fsp3) is 0.100. The van der Waals surface area contributed by atoms with Gasteiger partial charge in [0.05, 0.1) is 5.02 Å². The number of aromatic amines is 1. The summed E-state index contributed by atoms with van der Waals surface area (Å²) >= 11 is 5.88. The molecule has 0 spiro atoms. The van der Waals surface area contributed by atoms with Gasteiger partial charge in [0.15, 0.2) is 5.52 Å². The summed E-state index contributed by atoms with van der Waals surface area (Å²) in [4.78, 5) is 18.4. The Balaban J connectivity index is 2.65. The Kier molecular flexibility index (Phi) is 1.79. The van der Waals surface area contributed by atoms with E-state index in [1.54, 1.807) is 24.0 Å². The minimum atomic E-state index is -0.238. The van der Waals surface area contributed by atoms with Gasteiger partial charge in [0, 0.05) is 30.2 Å². The van der Waals surface area contributed by atoms with Crippen molar-refractivity contribution >= 4 is 33.5 Å². The molecule has 0 aliphatic rings. The van der Waals surface area contributed by atoms with E-state index in [-0.39, 0.29) is 5.56 Å². The lowest BCUT2D eigenvalue weighted by atomic mass is 10.2. The molecule has 0 radical (unpaired) electrons. The number of nitrogens with zero attached hydrogens (tertiary/aromatic N) is 3. The predicted molar refractivity (Wildman–Crippen MR) is 61.6 cm³/mol. The van der Waals surface area contributed by atoms with Crippen LogP contribution in [0, 0.1) is 0 Å². The Bertz CT molecular complexity index is 758. The van der Waals surface area contributed by atoms with Crippen LogP contribution in [0.1, 0.15) is 0 Å². The third-order valence-corrected chi connectivity index (χ3v) is 2.63. The summed E-state index contributed by atoms with van der Waals surface area (Å²) in [5, 5.41) is 6.19. The topological polar surface area (TPSA) is 63.6 Å². The molecule has 0 aromatic carbocycles. The van der Waals surface area contributed by atoms with Crippen LogP contribution in [-0.2, 0) is 7.05 Å². The highest BCUT2D eigenvalue weighted by Gasteiger charge is 2.09. The lowest BCUT2D eigenvalue weighted by Crippen LogP contribution is -2.07. The maximum atomic E-state index is 11.7. The average molecular weight is 235 g/mol. The predicted octanol–water partition coefficient (Wildman–Crippen LogP) is 1.46. The zero-order valence-corrected chi connectivity index (χ0v) is 9.12. The zero-order valence-electron chi connectivity index (χ0n) is 8.36. The molecule has 3 aromatic rings. The van der Waals surface area contributed by atoms with Gasteiger partial charge in [-0.3, -0.25) is 9.48 Å². The highest BCUT2D eigenvalue weighted by molar-refractivity contribution is 6.31. The van der Waals surface area contributed by atoms with E-state index in [1.807, 2.05) is 0 Å². The number of fused-ring (bicyclic) bond motifs is 3. The van der Waals surface area contributed by atoms with E-state index in [1.165, 1.54) is 6.20 Å². The van der Waals surface area contributed by atoms with E-state index < -0.39 is 0 Å². The maximum absolute atomic E-state index is 11.7. The van der Waals surface area contributed by atoms with E-state index in [2.05, 4.69) is 15.1 Å². The molecule has 3 aromatic heterocycles. The molecule has 6 heteroatoms. The first-order valence-corrected chi connectivity index (χ1v) is 5.04. The maximum Gasteiger partial charge on any atom is 0.277 e. The smallest absolute Gasteiger partial charge is 0.277 e. The van der Waals surface area contributed by atoms with Gasteiger partial charge < -0.3 is 4.98 Å². The SMILES string of the molecule is Cn1cc2c(n1)c(=O)[nH]c1ncc(Cl)cc12. The van der Waals surface area contributed by atoms with Crippen molar-refractivity contribution in [2.24, 2.45) is 7.05 Å². The van der Waals surface area contributed by atoms with Crippen molar-refractivity contribution in [1.82, 2.24) is 19.7 Å². The number of hydrogen-bond acceptors (Lipinski definition) is 3. The highest BCUT2D eigenvalue weighted by atomic mass is 35.5. The molecule has 0 atom stereocenters. The Labute approximate surface area is 94.7 Å². The number of hydrogen-bond donors (Lipinski definition) is 1. The van der Waals surface area contributed by atoms with Crippen LogP contribution < -0.4 is 5.56 Å². The number of H-pyrrole nitrogens is 1. The lowest BCUT2D eigenvalue weighted by Gasteiger charge is -1.97. The van der Waals surface area contributed by atoms with E-state index in [0.717, 1.165) is 10.8 Å². The van der Waals surface area contributed by atoms with Crippen LogP contribution in [0.5, 0.6) is 0 Å². The van der Waals surface area contributed by atoms with E-state index >= 15 is 0 Å². The van der Waals surface area contributed by atoms with Gasteiger partial charge in [-0.05, 0) is 6.07 Å². The minimum absolute atomic E-state index is 0.238. The molecule has 0 aliphatic heterocycles. The van der Waals surface area contributed by atoms with Crippen molar-refractivity contribution in [3.8, 4) is 0 Å². The summed E-state index contributed by atoms with van der Waals surface area (Å²) in [6.45, 7) is 0. The van der Waals surface area contributed by atoms with Crippen LogP contribution >= 0.6 is 11.6 Å². The third kappa shape index (κ3) is 1.22. The van der Waals surface area contributed by atoms with Gasteiger partial charge >= 0.3 is 0 Å². The second-order valence-corrected chi connectivity index (χ2v) is 4.01. The van der Waals surface area contributed by atoms with Crippen LogP contribution in [-0.4, -0.2) is 19.7 Å². The summed E-state index contributed by atoms with van der Waals surface area (Å²) in [6, 6.07) is 1.77. The number of aromatic nitrogens is 4. The molecule has 1 N–H and O–H groups in total. The molecule has 3 heterocycles. The summed E-state index contributed by atoms with van der Waals surface area (Å²) in [5.41, 5.74) is 0.687. The normalized spacial score (nSPS) is 11.4. The number of aryl methyl sites for hydroxylation is 1. The van der Waals surface area contributed by atoms with Crippen LogP contribution in [0.25, 0.3) is 21.9 Å². The number of pyridine rings is 2. The number of halogens is 1. The summed E-state index contributed by atoms with van der Waals surface area (Å²) in [6.07, 6.45) is 3.28. The van der Waals surface area contributed by atoms with Crippen molar-refractivity contribution in [3.63, 3.8) is 0 Å². The van der Waals surface area contributed by atoms with Gasteiger partial charge in [-0.15, -0.1) is 0 Å². The first-order chi connectivity index (χ1) is 7.65. The second-order valence-electron chi connectivity index (χ2n) is 3.57. The van der Waals surface area contributed by atoms with Gasteiger partial charge in [-0.1, -0.05) is 11.6 Å². The van der Waals surface area contributed by atoms with Gasteiger partial charge in [0.2, 0.25) is 0 Å². The fourth-order valence-corrected chi connectivity index (χ4v) is 1.92. The fourth-order valence-electron chi connectivity index (χ4n) is 1.76. The molecule has 0 aliphatic carbocycles. The molecule has 80 valence electrons. The Morgan fingerprint density at radius 2 is 2.25 bits per heavy atom. The summed E-state index contributed by atoms with van der Waals surface area (Å²) in [5.74, 6) is 0. The van der Waals surface area contributed by atoms with Crippen LogP contribution in [0.3, 0.4) is 0 Å². The molecule has 16 heavy (non-hydrogen) atoms. The minimum Gasteiger partial charge on any atom is -0.305 e. The third-order valence-electron chi connectivity index (χ3n) is 2.42. The van der Waals surface area contributed by atoms with Crippen molar-refractivity contribution < 1.29 is 0 Å². The van der Waals surface area contributed by atoms with Gasteiger partial charge in [0.1, 0.15) is 5.65 Å². The Hall–Kier alpha value is -1.88. The van der Waals surface area contributed by atoms with Gasteiger partial charge in [-0.2, -0.15) is 5.10 Å². The first kappa shape index (κ1) is 9.35. The number of nitrogens with one attached hydrogen (secondary N) is 1. The van der Waals surface area contributed by atoms with Crippen LogP contribution in [0.4, 0.5) is 0 Å². The molecule has 0 unspecified atom stereocenters. The van der Waals surface area contributed by atoms with E-state index in [0.29, 0.717) is 16.2 Å². The van der Waals surface area contributed by atoms with Gasteiger partial charge in [0.25, 0.3) is 5.56 Å².